The van der Waals surface area contributed by atoms with Gasteiger partial charge in [0.15, 0.2) is 23.0 Å². The fraction of sp³-hybridized carbons (Fsp3) is 0.121. The van der Waals surface area contributed by atoms with Crippen LogP contribution in [0.15, 0.2) is 90.5 Å². The number of methoxy groups -OCH3 is 2. The van der Waals surface area contributed by atoms with Crippen molar-refractivity contribution in [2.24, 2.45) is 0 Å². The van der Waals surface area contributed by atoms with Crippen LogP contribution in [-0.4, -0.2) is 37.2 Å². The Kier molecular flexibility index (Phi) is 9.01. The van der Waals surface area contributed by atoms with E-state index in [1.54, 1.807) is 25.3 Å². The molecule has 0 radical (unpaired) electrons. The molecule has 1 saturated heterocycles. The molecule has 4 aromatic rings. The van der Waals surface area contributed by atoms with Gasteiger partial charge in [0.05, 0.1) is 24.9 Å². The summed E-state index contributed by atoms with van der Waals surface area (Å²) in [6.45, 7) is 0.511. The van der Waals surface area contributed by atoms with Crippen molar-refractivity contribution in [1.82, 2.24) is 5.32 Å². The predicted octanol–water partition coefficient (Wildman–Crippen LogP) is 5.89. The van der Waals surface area contributed by atoms with Crippen molar-refractivity contribution >= 4 is 41.2 Å². The van der Waals surface area contributed by atoms with Gasteiger partial charge in [0.1, 0.15) is 24.5 Å². The van der Waals surface area contributed by atoms with Crippen LogP contribution in [-0.2, 0) is 22.8 Å². The number of hydrogen-bond donors (Lipinski definition) is 2. The minimum absolute atomic E-state index is 0.0430. The Labute approximate surface area is 258 Å². The van der Waals surface area contributed by atoms with E-state index in [1.807, 2.05) is 36.4 Å². The van der Waals surface area contributed by atoms with Crippen molar-refractivity contribution in [2.45, 2.75) is 13.2 Å². The number of anilines is 1. The first kappa shape index (κ1) is 30.0. The highest BCUT2D eigenvalue weighted by Crippen LogP contribution is 2.38. The van der Waals surface area contributed by atoms with Gasteiger partial charge in [0.2, 0.25) is 0 Å². The molecule has 0 atom stereocenters. The molecule has 10 nitrogen and oxygen atoms in total. The first-order valence-corrected chi connectivity index (χ1v) is 13.7. The number of carbonyl (C=O) groups excluding carboxylic acids is 3. The molecule has 0 aromatic heterocycles. The summed E-state index contributed by atoms with van der Waals surface area (Å²) >= 11 is 6.56. The third-order valence-electron chi connectivity index (χ3n) is 6.62. The number of benzene rings is 4. The number of amides is 4. The number of nitrogens with zero attached hydrogens (tertiary/aromatic N) is 1. The van der Waals surface area contributed by atoms with Crippen LogP contribution >= 0.6 is 11.6 Å². The smallest absolute Gasteiger partial charge is 0.335 e. The molecule has 1 aliphatic rings. The number of nitrogens with one attached hydrogen (secondary N) is 1. The fourth-order valence-electron chi connectivity index (χ4n) is 4.44. The van der Waals surface area contributed by atoms with E-state index in [1.165, 1.54) is 43.5 Å². The Morgan fingerprint density at radius 2 is 1.50 bits per heavy atom. The minimum Gasteiger partial charge on any atom is -0.508 e. The molecule has 0 saturated carbocycles. The first-order valence-electron chi connectivity index (χ1n) is 13.3. The molecule has 1 heterocycles. The first-order chi connectivity index (χ1) is 21.3. The highest BCUT2D eigenvalue weighted by Gasteiger charge is 2.37. The minimum atomic E-state index is -0.908. The van der Waals surface area contributed by atoms with Gasteiger partial charge in [0, 0.05) is 0 Å². The summed E-state index contributed by atoms with van der Waals surface area (Å²) in [4.78, 5) is 39.1. The Bertz CT molecular complexity index is 1740. The Morgan fingerprint density at radius 1 is 0.795 bits per heavy atom. The van der Waals surface area contributed by atoms with Gasteiger partial charge in [0.25, 0.3) is 11.8 Å². The van der Waals surface area contributed by atoms with Crippen molar-refractivity contribution in [3.05, 3.63) is 112 Å². The lowest BCUT2D eigenvalue weighted by Crippen LogP contribution is -2.54. The van der Waals surface area contributed by atoms with Crippen molar-refractivity contribution in [1.29, 1.82) is 0 Å². The summed E-state index contributed by atoms with van der Waals surface area (Å²) in [5.41, 5.74) is 2.04. The lowest BCUT2D eigenvalue weighted by atomic mass is 10.1. The summed E-state index contributed by atoms with van der Waals surface area (Å²) in [6.07, 6.45) is 1.30. The van der Waals surface area contributed by atoms with Gasteiger partial charge < -0.3 is 24.1 Å². The molecular formula is C33H27ClN2O8. The molecule has 11 heteroatoms. The van der Waals surface area contributed by atoms with E-state index in [4.69, 9.17) is 30.5 Å². The average molecular weight is 615 g/mol. The number of urea groups is 1. The highest BCUT2D eigenvalue weighted by molar-refractivity contribution is 6.39. The lowest BCUT2D eigenvalue weighted by molar-refractivity contribution is -0.122. The van der Waals surface area contributed by atoms with Crippen LogP contribution in [0.3, 0.4) is 0 Å². The topological polar surface area (TPSA) is 124 Å². The summed E-state index contributed by atoms with van der Waals surface area (Å²) < 4.78 is 22.9. The predicted molar refractivity (Wildman–Crippen MR) is 163 cm³/mol. The number of phenols is 1. The van der Waals surface area contributed by atoms with Crippen LogP contribution in [0.5, 0.6) is 28.7 Å². The third-order valence-corrected chi connectivity index (χ3v) is 6.90. The number of imide groups is 2. The van der Waals surface area contributed by atoms with Crippen LogP contribution in [0, 0.1) is 0 Å². The van der Waals surface area contributed by atoms with E-state index in [0.717, 1.165) is 16.0 Å². The standard InChI is InChI=1S/C33H27ClN2O8/c1-41-28-16-21(8-13-27(28)43-18-20-6-4-3-5-7-20)19-44-30-26(34)15-22(17-29(30)42-2)14-25-31(38)35-33(40)36(32(25)39)23-9-11-24(37)12-10-23/h3-17,37H,18-19H2,1-2H3,(H,35,38,40)/b25-14-. The summed E-state index contributed by atoms with van der Waals surface area (Å²) in [6, 6.07) is 22.8. The fourth-order valence-corrected chi connectivity index (χ4v) is 4.71. The van der Waals surface area contributed by atoms with Gasteiger partial charge in [-0.05, 0) is 71.3 Å². The zero-order valence-electron chi connectivity index (χ0n) is 23.7. The highest BCUT2D eigenvalue weighted by atomic mass is 35.5. The zero-order valence-corrected chi connectivity index (χ0v) is 24.5. The normalized spacial score (nSPS) is 13.9. The number of halogens is 1. The molecule has 4 aromatic carbocycles. The Balaban J connectivity index is 1.33. The lowest BCUT2D eigenvalue weighted by Gasteiger charge is -2.26. The molecule has 44 heavy (non-hydrogen) atoms. The van der Waals surface area contributed by atoms with E-state index >= 15 is 0 Å². The van der Waals surface area contributed by atoms with Gasteiger partial charge in [-0.3, -0.25) is 14.9 Å². The molecule has 1 fully saturated rings. The zero-order chi connectivity index (χ0) is 31.2. The second-order valence-electron chi connectivity index (χ2n) is 9.56. The van der Waals surface area contributed by atoms with Crippen LogP contribution < -0.4 is 29.2 Å². The van der Waals surface area contributed by atoms with Crippen LogP contribution in [0.4, 0.5) is 10.5 Å². The van der Waals surface area contributed by atoms with Crippen molar-refractivity contribution in [3.8, 4) is 28.7 Å². The largest absolute Gasteiger partial charge is 0.508 e. The van der Waals surface area contributed by atoms with Crippen LogP contribution in [0.25, 0.3) is 6.08 Å². The molecule has 224 valence electrons. The van der Waals surface area contributed by atoms with Gasteiger partial charge in [-0.25, -0.2) is 9.69 Å². The van der Waals surface area contributed by atoms with Gasteiger partial charge in [-0.2, -0.15) is 0 Å². The number of aromatic hydroxyl groups is 1. The van der Waals surface area contributed by atoms with Gasteiger partial charge >= 0.3 is 6.03 Å². The van der Waals surface area contributed by atoms with E-state index in [2.05, 4.69) is 5.32 Å². The van der Waals surface area contributed by atoms with Gasteiger partial charge in [-0.1, -0.05) is 48.0 Å². The number of barbiturate groups is 1. The monoisotopic (exact) mass is 614 g/mol. The number of rotatable bonds is 10. The Hall–Kier alpha value is -5.48. The number of phenolic OH excluding ortho intramolecular Hbond substituents is 1. The van der Waals surface area contributed by atoms with Crippen molar-refractivity contribution in [2.75, 3.05) is 19.1 Å². The average Bonchev–Trinajstić information content (AvgIpc) is 3.02. The van der Waals surface area contributed by atoms with E-state index in [0.29, 0.717) is 23.7 Å². The van der Waals surface area contributed by atoms with Crippen molar-refractivity contribution in [3.63, 3.8) is 0 Å². The summed E-state index contributed by atoms with van der Waals surface area (Å²) in [7, 11) is 2.99. The Morgan fingerprint density at radius 3 is 2.20 bits per heavy atom. The second kappa shape index (κ2) is 13.2. The second-order valence-corrected chi connectivity index (χ2v) is 9.96. The summed E-state index contributed by atoms with van der Waals surface area (Å²) in [5, 5.41) is 11.9. The molecule has 0 unspecified atom stereocenters. The maximum absolute atomic E-state index is 13.2. The van der Waals surface area contributed by atoms with E-state index in [-0.39, 0.29) is 40.1 Å². The molecule has 1 aliphatic heterocycles. The molecule has 0 aliphatic carbocycles. The third kappa shape index (κ3) is 6.61. The SMILES string of the molecule is COc1cc(COc2c(Cl)cc(/C=C3/C(=O)NC(=O)N(c4ccc(O)cc4)C3=O)cc2OC)ccc1OCc1ccccc1. The van der Waals surface area contributed by atoms with Gasteiger partial charge in [-0.15, -0.1) is 0 Å². The molecule has 4 amide bonds. The van der Waals surface area contributed by atoms with Crippen LogP contribution in [0.1, 0.15) is 16.7 Å². The van der Waals surface area contributed by atoms with E-state index < -0.39 is 17.8 Å². The quantitative estimate of drug-likeness (QED) is 0.167. The molecule has 0 spiro atoms. The molecular weight excluding hydrogens is 588 g/mol. The van der Waals surface area contributed by atoms with Crippen LogP contribution in [0.2, 0.25) is 5.02 Å². The number of hydrogen-bond acceptors (Lipinski definition) is 8. The maximum atomic E-state index is 13.2. The number of ether oxygens (including phenoxy) is 4. The maximum Gasteiger partial charge on any atom is 0.335 e. The van der Waals surface area contributed by atoms with E-state index in [9.17, 15) is 19.5 Å². The van der Waals surface area contributed by atoms with Crippen molar-refractivity contribution < 1.29 is 38.4 Å². The molecule has 0 bridgehead atoms. The molecule has 5 rings (SSSR count). The molecule has 2 N–H and O–H groups in total. The number of carbonyl (C=O) groups is 3. The summed E-state index contributed by atoms with van der Waals surface area (Å²) in [5.74, 6) is -0.120.